The summed E-state index contributed by atoms with van der Waals surface area (Å²) in [6.07, 6.45) is -0.778. The molecule has 10 nitrogen and oxygen atoms in total. The highest BCUT2D eigenvalue weighted by molar-refractivity contribution is 6.61. The third kappa shape index (κ3) is 5.06. The van der Waals surface area contributed by atoms with Gasteiger partial charge >= 0.3 is 7.12 Å². The van der Waals surface area contributed by atoms with Gasteiger partial charge in [0, 0.05) is 24.3 Å². The van der Waals surface area contributed by atoms with Crippen molar-refractivity contribution in [3.8, 4) is 0 Å². The van der Waals surface area contributed by atoms with Crippen LogP contribution in [-0.2, 0) is 14.1 Å². The van der Waals surface area contributed by atoms with Crippen molar-refractivity contribution in [2.75, 3.05) is 6.61 Å². The number of nitrogens with one attached hydrogen (secondary N) is 1. The number of nitro benzene ring substituents is 2. The van der Waals surface area contributed by atoms with Crippen molar-refractivity contribution in [1.82, 2.24) is 5.32 Å². The van der Waals surface area contributed by atoms with Gasteiger partial charge in [0.2, 0.25) is 0 Å². The third-order valence-corrected chi connectivity index (χ3v) is 4.77. The molecule has 0 bridgehead atoms. The van der Waals surface area contributed by atoms with Crippen LogP contribution in [0.3, 0.4) is 0 Å². The van der Waals surface area contributed by atoms with E-state index in [0.29, 0.717) is 11.0 Å². The van der Waals surface area contributed by atoms with Crippen molar-refractivity contribution in [3.63, 3.8) is 0 Å². The molecule has 1 saturated heterocycles. The van der Waals surface area contributed by atoms with Gasteiger partial charge in [-0.3, -0.25) is 25.0 Å². The molecule has 2 atom stereocenters. The summed E-state index contributed by atoms with van der Waals surface area (Å²) in [6, 6.07) is 10.7. The number of nitro groups is 2. The Labute approximate surface area is 180 Å². The number of carbonyl (C=O) groups is 1. The van der Waals surface area contributed by atoms with E-state index >= 15 is 0 Å². The fourth-order valence-corrected chi connectivity index (χ4v) is 3.09. The van der Waals surface area contributed by atoms with Crippen LogP contribution in [0, 0.1) is 20.2 Å². The Bertz CT molecular complexity index is 961. The zero-order valence-electron chi connectivity index (χ0n) is 15.1. The average Bonchev–Trinajstić information content (AvgIpc) is 2.74. The minimum absolute atomic E-state index is 0.0126. The average molecular weight is 454 g/mol. The zero-order chi connectivity index (χ0) is 21.8. The molecule has 0 radical (unpaired) electrons. The number of amides is 1. The Balaban J connectivity index is 1.89. The molecule has 1 aliphatic rings. The second kappa shape index (κ2) is 9.39. The standard InChI is InChI=1S/C17H14BCl2N3O7/c19-16(20)17(24)21-14-9-29-18(11-2-1-3-13(8-11)23(27)28)30-15(14)10-4-6-12(7-5-10)22(25)26/h1-8,14-16H,9H2,(H,21,24)/t14-,15+/m1/s1. The van der Waals surface area contributed by atoms with Crippen LogP contribution >= 0.6 is 23.2 Å². The van der Waals surface area contributed by atoms with Crippen molar-refractivity contribution < 1.29 is 23.9 Å². The van der Waals surface area contributed by atoms with Crippen molar-refractivity contribution >= 4 is 53.1 Å². The van der Waals surface area contributed by atoms with E-state index < -0.39 is 39.9 Å². The van der Waals surface area contributed by atoms with Crippen molar-refractivity contribution in [2.45, 2.75) is 17.0 Å². The van der Waals surface area contributed by atoms with Gasteiger partial charge in [0.15, 0.2) is 4.84 Å². The fraction of sp³-hybridized carbons (Fsp3) is 0.235. The highest BCUT2D eigenvalue weighted by atomic mass is 35.5. The molecule has 0 saturated carbocycles. The Kier molecular flexibility index (Phi) is 6.88. The molecular weight excluding hydrogens is 440 g/mol. The Morgan fingerprint density at radius 1 is 1.10 bits per heavy atom. The number of halogens is 2. The maximum atomic E-state index is 12.0. The largest absolute Gasteiger partial charge is 0.494 e. The molecular formula is C17H14BCl2N3O7. The molecule has 0 unspecified atom stereocenters. The second-order valence-electron chi connectivity index (χ2n) is 6.34. The second-order valence-corrected chi connectivity index (χ2v) is 7.43. The maximum absolute atomic E-state index is 12.0. The Morgan fingerprint density at radius 2 is 1.77 bits per heavy atom. The highest BCUT2D eigenvalue weighted by Crippen LogP contribution is 2.29. The predicted octanol–water partition coefficient (Wildman–Crippen LogP) is 2.27. The van der Waals surface area contributed by atoms with Crippen molar-refractivity contribution in [2.24, 2.45) is 0 Å². The molecule has 1 amide bonds. The molecule has 0 spiro atoms. The van der Waals surface area contributed by atoms with Crippen LogP contribution in [0.2, 0.25) is 0 Å². The number of hydrogen-bond acceptors (Lipinski definition) is 7. The first kappa shape index (κ1) is 22.0. The van der Waals surface area contributed by atoms with Gasteiger partial charge in [-0.1, -0.05) is 35.3 Å². The minimum Gasteiger partial charge on any atom is -0.405 e. The van der Waals surface area contributed by atoms with Gasteiger partial charge in [0.1, 0.15) is 0 Å². The first-order chi connectivity index (χ1) is 14.3. The van der Waals surface area contributed by atoms with Gasteiger partial charge in [0.25, 0.3) is 17.3 Å². The van der Waals surface area contributed by atoms with Crippen molar-refractivity contribution in [1.29, 1.82) is 0 Å². The summed E-state index contributed by atoms with van der Waals surface area (Å²) in [4.78, 5) is 31.5. The number of alkyl halides is 2. The summed E-state index contributed by atoms with van der Waals surface area (Å²) in [5.41, 5.74) is 0.705. The highest BCUT2D eigenvalue weighted by Gasteiger charge is 2.39. The molecule has 1 heterocycles. The third-order valence-electron chi connectivity index (χ3n) is 4.37. The Hall–Kier alpha value is -2.73. The normalized spacial score (nSPS) is 18.8. The Morgan fingerprint density at radius 3 is 2.37 bits per heavy atom. The fourth-order valence-electron chi connectivity index (χ4n) is 2.97. The maximum Gasteiger partial charge on any atom is 0.494 e. The topological polar surface area (TPSA) is 134 Å². The molecule has 1 N–H and O–H groups in total. The first-order valence-corrected chi connectivity index (χ1v) is 9.48. The lowest BCUT2D eigenvalue weighted by Crippen LogP contribution is -2.54. The van der Waals surface area contributed by atoms with Gasteiger partial charge in [-0.05, 0) is 23.2 Å². The first-order valence-electron chi connectivity index (χ1n) is 8.60. The van der Waals surface area contributed by atoms with E-state index in [1.54, 1.807) is 6.07 Å². The minimum atomic E-state index is -1.31. The number of rotatable bonds is 6. The van der Waals surface area contributed by atoms with E-state index in [4.69, 9.17) is 32.5 Å². The van der Waals surface area contributed by atoms with E-state index in [2.05, 4.69) is 5.32 Å². The van der Waals surface area contributed by atoms with Gasteiger partial charge in [-0.2, -0.15) is 0 Å². The molecule has 1 aliphatic heterocycles. The number of nitrogens with zero attached hydrogens (tertiary/aromatic N) is 2. The van der Waals surface area contributed by atoms with E-state index in [9.17, 15) is 25.0 Å². The lowest BCUT2D eigenvalue weighted by Gasteiger charge is -2.36. The van der Waals surface area contributed by atoms with Gasteiger partial charge in [-0.15, -0.1) is 0 Å². The summed E-state index contributed by atoms with van der Waals surface area (Å²) in [5, 5.41) is 24.6. The van der Waals surface area contributed by atoms with Crippen LogP contribution in [0.1, 0.15) is 11.7 Å². The van der Waals surface area contributed by atoms with E-state index in [1.807, 2.05) is 0 Å². The molecule has 2 aromatic carbocycles. The number of carbonyl (C=O) groups excluding carboxylic acids is 1. The smallest absolute Gasteiger partial charge is 0.405 e. The summed E-state index contributed by atoms with van der Waals surface area (Å²) >= 11 is 11.2. The quantitative estimate of drug-likeness (QED) is 0.307. The van der Waals surface area contributed by atoms with Crippen LogP contribution in [-0.4, -0.2) is 40.4 Å². The zero-order valence-corrected chi connectivity index (χ0v) is 16.7. The molecule has 0 aliphatic carbocycles. The number of non-ortho nitro benzene ring substituents is 2. The summed E-state index contributed by atoms with van der Waals surface area (Å²) in [6.45, 7) is -0.0126. The molecule has 2 aromatic rings. The van der Waals surface area contributed by atoms with Crippen LogP contribution in [0.25, 0.3) is 0 Å². The molecule has 30 heavy (non-hydrogen) atoms. The van der Waals surface area contributed by atoms with E-state index in [1.165, 1.54) is 42.5 Å². The van der Waals surface area contributed by atoms with Crippen LogP contribution < -0.4 is 10.8 Å². The monoisotopic (exact) mass is 453 g/mol. The summed E-state index contributed by atoms with van der Waals surface area (Å²) in [5.74, 6) is -0.656. The van der Waals surface area contributed by atoms with Gasteiger partial charge < -0.3 is 14.6 Å². The summed E-state index contributed by atoms with van der Waals surface area (Å²) < 4.78 is 11.6. The lowest BCUT2D eigenvalue weighted by molar-refractivity contribution is -0.385. The van der Waals surface area contributed by atoms with Crippen LogP contribution in [0.5, 0.6) is 0 Å². The molecule has 3 rings (SSSR count). The predicted molar refractivity (Wildman–Crippen MR) is 109 cm³/mol. The molecule has 156 valence electrons. The van der Waals surface area contributed by atoms with E-state index in [0.717, 1.165) is 0 Å². The SMILES string of the molecule is O=C(N[C@@H]1COB(c2cccc([N+](=O)[O-])c2)O[C@H]1c1ccc([N+](=O)[O-])cc1)C(Cl)Cl. The van der Waals surface area contributed by atoms with Crippen molar-refractivity contribution in [3.05, 3.63) is 74.3 Å². The van der Waals surface area contributed by atoms with E-state index in [-0.39, 0.29) is 18.0 Å². The van der Waals surface area contributed by atoms with Gasteiger partial charge in [0.05, 0.1) is 28.6 Å². The lowest BCUT2D eigenvalue weighted by atomic mass is 9.76. The van der Waals surface area contributed by atoms with Gasteiger partial charge in [-0.25, -0.2) is 0 Å². The molecule has 0 aromatic heterocycles. The number of hydrogen-bond donors (Lipinski definition) is 1. The number of benzene rings is 2. The molecule has 1 fully saturated rings. The molecule has 13 heteroatoms. The summed E-state index contributed by atoms with van der Waals surface area (Å²) in [7, 11) is -0.957. The van der Waals surface area contributed by atoms with Crippen LogP contribution in [0.4, 0.5) is 11.4 Å². The van der Waals surface area contributed by atoms with Crippen LogP contribution in [0.15, 0.2) is 48.5 Å².